The van der Waals surface area contributed by atoms with Crippen LogP contribution in [0.5, 0.6) is 0 Å². The van der Waals surface area contributed by atoms with Crippen molar-refractivity contribution in [1.29, 1.82) is 0 Å². The third-order valence-corrected chi connectivity index (χ3v) is 4.90. The number of rotatable bonds is 4. The molecular weight excluding hydrogens is 327 g/mol. The van der Waals surface area contributed by atoms with Crippen LogP contribution in [0.2, 0.25) is 5.02 Å². The van der Waals surface area contributed by atoms with E-state index < -0.39 is 27.3 Å². The molecule has 9 heteroatoms. The maximum Gasteiger partial charge on any atom is 0.266 e. The monoisotopic (exact) mass is 336 g/mol. The van der Waals surface area contributed by atoms with Gasteiger partial charge in [0, 0.05) is 21.7 Å². The Kier molecular flexibility index (Phi) is 4.28. The molecule has 0 saturated heterocycles. The van der Waals surface area contributed by atoms with E-state index in [1.54, 1.807) is 6.92 Å². The molecule has 0 aliphatic carbocycles. The van der Waals surface area contributed by atoms with Crippen LogP contribution in [0.1, 0.15) is 10.4 Å². The van der Waals surface area contributed by atoms with Crippen LogP contribution in [0.3, 0.4) is 0 Å². The van der Waals surface area contributed by atoms with Crippen LogP contribution in [-0.4, -0.2) is 18.5 Å². The molecule has 108 valence electrons. The van der Waals surface area contributed by atoms with E-state index in [-0.39, 0.29) is 15.7 Å². The predicted molar refractivity (Wildman–Crippen MR) is 75.0 cm³/mol. The van der Waals surface area contributed by atoms with Crippen LogP contribution < -0.4 is 4.72 Å². The number of aromatic nitrogens is 1. The number of thiazole rings is 1. The molecule has 0 radical (unpaired) electrons. The van der Waals surface area contributed by atoms with E-state index in [1.165, 1.54) is 12.3 Å². The van der Waals surface area contributed by atoms with Gasteiger partial charge in [0.25, 0.3) is 10.0 Å². The summed E-state index contributed by atoms with van der Waals surface area (Å²) in [5.41, 5.74) is -0.187. The molecule has 1 heterocycles. The molecule has 2 rings (SSSR count). The molecule has 1 aromatic carbocycles. The Balaban J connectivity index is 2.46. The van der Waals surface area contributed by atoms with Crippen LogP contribution in [0.25, 0.3) is 0 Å². The van der Waals surface area contributed by atoms with Gasteiger partial charge in [0.1, 0.15) is 10.7 Å². The maximum atomic E-state index is 14.0. The summed E-state index contributed by atoms with van der Waals surface area (Å²) in [6.07, 6.45) is 1.50. The molecular formula is C11H10ClFN2O3S2. The zero-order chi connectivity index (χ0) is 14.9. The normalized spacial score (nSPS) is 11.6. The first-order valence-corrected chi connectivity index (χ1v) is 8.05. The van der Waals surface area contributed by atoms with Crippen LogP contribution in [-0.2, 0) is 16.6 Å². The van der Waals surface area contributed by atoms with E-state index in [0.29, 0.717) is 0 Å². The molecule has 5 nitrogen and oxygen atoms in total. The minimum Gasteiger partial charge on any atom is -0.392 e. The van der Waals surface area contributed by atoms with E-state index in [1.807, 2.05) is 0 Å². The Morgan fingerprint density at radius 2 is 2.20 bits per heavy atom. The van der Waals surface area contributed by atoms with E-state index in [9.17, 15) is 12.8 Å². The van der Waals surface area contributed by atoms with Crippen LogP contribution in [0, 0.1) is 12.7 Å². The number of nitrogens with one attached hydrogen (secondary N) is 1. The molecule has 0 unspecified atom stereocenters. The molecule has 0 aliphatic heterocycles. The van der Waals surface area contributed by atoms with Crippen LogP contribution in [0.15, 0.2) is 23.2 Å². The fourth-order valence-corrected chi connectivity index (χ4v) is 3.86. The predicted octanol–water partition coefficient (Wildman–Crippen LogP) is 2.54. The Morgan fingerprint density at radius 1 is 1.50 bits per heavy atom. The highest BCUT2D eigenvalue weighted by Crippen LogP contribution is 2.27. The van der Waals surface area contributed by atoms with Gasteiger partial charge in [-0.25, -0.2) is 17.8 Å². The van der Waals surface area contributed by atoms with Gasteiger partial charge in [0.15, 0.2) is 5.13 Å². The lowest BCUT2D eigenvalue weighted by Gasteiger charge is -2.09. The van der Waals surface area contributed by atoms with Crippen molar-refractivity contribution < 1.29 is 17.9 Å². The molecule has 2 aromatic rings. The Morgan fingerprint density at radius 3 is 2.75 bits per heavy atom. The number of benzene rings is 1. The number of halogens is 2. The first-order chi connectivity index (χ1) is 9.33. The third-order valence-electron chi connectivity index (χ3n) is 2.38. The number of nitrogens with zero attached hydrogens (tertiary/aromatic N) is 1. The highest BCUT2D eigenvalue weighted by Gasteiger charge is 2.23. The van der Waals surface area contributed by atoms with Crippen LogP contribution in [0.4, 0.5) is 9.52 Å². The summed E-state index contributed by atoms with van der Waals surface area (Å²) in [6.45, 7) is 1.12. The Labute approximate surface area is 124 Å². The van der Waals surface area contributed by atoms with Crippen LogP contribution >= 0.6 is 22.9 Å². The van der Waals surface area contributed by atoms with Crippen molar-refractivity contribution in [3.63, 3.8) is 0 Å². The molecule has 0 spiro atoms. The molecule has 0 amide bonds. The van der Waals surface area contributed by atoms with E-state index in [2.05, 4.69) is 9.71 Å². The highest BCUT2D eigenvalue weighted by molar-refractivity contribution is 7.93. The standard InChI is InChI=1S/C11H10ClFN2O3S2/c1-6-4-14-11(19-6)15-20(17,18)9-3-8(12)2-7(5-16)10(9)13/h2-4,16H,5H2,1H3,(H,14,15). The van der Waals surface area contributed by atoms with Gasteiger partial charge in [0.05, 0.1) is 6.61 Å². The first-order valence-electron chi connectivity index (χ1n) is 5.37. The number of sulfonamides is 1. The number of aliphatic hydroxyl groups is 1. The smallest absolute Gasteiger partial charge is 0.266 e. The average molecular weight is 337 g/mol. The van der Waals surface area contributed by atoms with Gasteiger partial charge in [-0.1, -0.05) is 11.6 Å². The minimum absolute atomic E-state index is 0.0196. The summed E-state index contributed by atoms with van der Waals surface area (Å²) in [4.78, 5) is 4.03. The largest absolute Gasteiger partial charge is 0.392 e. The fourth-order valence-electron chi connectivity index (χ4n) is 1.50. The molecule has 0 bridgehead atoms. The zero-order valence-electron chi connectivity index (χ0n) is 10.2. The summed E-state index contributed by atoms with van der Waals surface area (Å²) in [5.74, 6) is -1.03. The van der Waals surface area contributed by atoms with E-state index in [0.717, 1.165) is 22.3 Å². The summed E-state index contributed by atoms with van der Waals surface area (Å²) in [5, 5.41) is 9.15. The van der Waals surface area contributed by atoms with Gasteiger partial charge in [-0.3, -0.25) is 4.72 Å². The lowest BCUT2D eigenvalue weighted by molar-refractivity contribution is 0.274. The molecule has 1 aromatic heterocycles. The second kappa shape index (κ2) is 5.65. The molecule has 0 aliphatic rings. The molecule has 0 saturated carbocycles. The lowest BCUT2D eigenvalue weighted by Crippen LogP contribution is -2.15. The topological polar surface area (TPSA) is 79.3 Å². The van der Waals surface area contributed by atoms with Crippen molar-refractivity contribution >= 4 is 38.1 Å². The summed E-state index contributed by atoms with van der Waals surface area (Å²) in [7, 11) is -4.16. The first kappa shape index (κ1) is 15.2. The highest BCUT2D eigenvalue weighted by atomic mass is 35.5. The van der Waals surface area contributed by atoms with Gasteiger partial charge in [-0.2, -0.15) is 0 Å². The lowest BCUT2D eigenvalue weighted by atomic mass is 10.2. The van der Waals surface area contributed by atoms with Gasteiger partial charge in [0.2, 0.25) is 0 Å². The van der Waals surface area contributed by atoms with Gasteiger partial charge in [-0.05, 0) is 19.1 Å². The van der Waals surface area contributed by atoms with Gasteiger partial charge < -0.3 is 5.11 Å². The van der Waals surface area contributed by atoms with Gasteiger partial charge >= 0.3 is 0 Å². The van der Waals surface area contributed by atoms with E-state index >= 15 is 0 Å². The summed E-state index contributed by atoms with van der Waals surface area (Å²) < 4.78 is 40.4. The van der Waals surface area contributed by atoms with Crippen molar-refractivity contribution in [2.75, 3.05) is 4.72 Å². The van der Waals surface area contributed by atoms with Crippen molar-refractivity contribution in [3.05, 3.63) is 39.6 Å². The van der Waals surface area contributed by atoms with Crippen molar-refractivity contribution in [2.24, 2.45) is 0 Å². The van der Waals surface area contributed by atoms with Gasteiger partial charge in [-0.15, -0.1) is 11.3 Å². The van der Waals surface area contributed by atoms with E-state index in [4.69, 9.17) is 16.7 Å². The second-order valence-corrected chi connectivity index (χ2v) is 7.24. The number of hydrogen-bond acceptors (Lipinski definition) is 5. The summed E-state index contributed by atoms with van der Waals surface area (Å²) in [6, 6.07) is 2.16. The molecule has 0 atom stereocenters. The minimum atomic E-state index is -4.16. The quantitative estimate of drug-likeness (QED) is 0.899. The summed E-state index contributed by atoms with van der Waals surface area (Å²) >= 11 is 6.85. The number of hydrogen-bond donors (Lipinski definition) is 2. The number of anilines is 1. The molecule has 20 heavy (non-hydrogen) atoms. The Bertz CT molecular complexity index is 746. The average Bonchev–Trinajstić information content (AvgIpc) is 2.76. The maximum absolute atomic E-state index is 14.0. The number of aliphatic hydroxyl groups excluding tert-OH is 1. The number of aryl methyl sites for hydroxylation is 1. The SMILES string of the molecule is Cc1cnc(NS(=O)(=O)c2cc(Cl)cc(CO)c2F)s1. The third kappa shape index (κ3) is 3.09. The molecule has 0 fully saturated rings. The zero-order valence-corrected chi connectivity index (χ0v) is 12.6. The van der Waals surface area contributed by atoms with Crippen molar-refractivity contribution in [1.82, 2.24) is 4.98 Å². The second-order valence-electron chi connectivity index (χ2n) is 3.92. The van der Waals surface area contributed by atoms with Crippen molar-refractivity contribution in [3.8, 4) is 0 Å². The fraction of sp³-hybridized carbons (Fsp3) is 0.182. The molecule has 2 N–H and O–H groups in total. The van der Waals surface area contributed by atoms with Crippen molar-refractivity contribution in [2.45, 2.75) is 18.4 Å². The Hall–Kier alpha value is -1.22.